The molecule has 0 saturated heterocycles. The van der Waals surface area contributed by atoms with Crippen LogP contribution in [0.3, 0.4) is 0 Å². The molecule has 2 fully saturated rings. The van der Waals surface area contributed by atoms with E-state index in [0.29, 0.717) is 19.3 Å². The van der Waals surface area contributed by atoms with E-state index in [9.17, 15) is 19.5 Å². The van der Waals surface area contributed by atoms with Crippen molar-refractivity contribution in [1.82, 2.24) is 0 Å². The van der Waals surface area contributed by atoms with Gasteiger partial charge < -0.3 is 14.6 Å². The third-order valence-electron chi connectivity index (χ3n) is 6.95. The molecular weight excluding hydrogens is 320 g/mol. The molecular formula is C20H30O5. The van der Waals surface area contributed by atoms with Crippen molar-refractivity contribution in [2.24, 2.45) is 34.0 Å². The molecule has 0 aromatic rings. The van der Waals surface area contributed by atoms with E-state index in [4.69, 9.17) is 4.74 Å². The molecule has 0 aliphatic heterocycles. The van der Waals surface area contributed by atoms with Crippen LogP contribution in [-0.4, -0.2) is 30.4 Å². The van der Waals surface area contributed by atoms with E-state index in [0.717, 1.165) is 18.3 Å². The van der Waals surface area contributed by atoms with Crippen LogP contribution in [0.15, 0.2) is 12.2 Å². The van der Waals surface area contributed by atoms with Gasteiger partial charge in [-0.3, -0.25) is 9.59 Å². The lowest BCUT2D eigenvalue weighted by atomic mass is 9.45. The standard InChI is InChI=1S/C20H30O5/c1-12-7-15-19(4,10-14(12)16(22)25-6)8-13(18(2,3)11-21)9-20(15,5)17(23)24/h11,13-15H,1,7-10H2,2-6H3,(H,23,24)/t13-,14+,15+,19+,20+/m1/s1. The molecule has 1 N–H and O–H groups in total. The molecule has 0 aromatic carbocycles. The Balaban J connectivity index is 2.49. The Morgan fingerprint density at radius 2 is 1.88 bits per heavy atom. The van der Waals surface area contributed by atoms with E-state index >= 15 is 0 Å². The van der Waals surface area contributed by atoms with Crippen LogP contribution in [0.5, 0.6) is 0 Å². The second-order valence-corrected chi connectivity index (χ2v) is 9.12. The summed E-state index contributed by atoms with van der Waals surface area (Å²) in [5, 5.41) is 10.0. The molecule has 2 rings (SSSR count). The summed E-state index contributed by atoms with van der Waals surface area (Å²) in [7, 11) is 1.37. The minimum Gasteiger partial charge on any atom is -0.481 e. The number of carboxylic acid groups (broad SMARTS) is 1. The third-order valence-corrected chi connectivity index (χ3v) is 6.95. The summed E-state index contributed by atoms with van der Waals surface area (Å²) >= 11 is 0. The number of hydrogen-bond acceptors (Lipinski definition) is 4. The van der Waals surface area contributed by atoms with Crippen molar-refractivity contribution in [3.63, 3.8) is 0 Å². The summed E-state index contributed by atoms with van der Waals surface area (Å²) in [5.41, 5.74) is -1.13. The Morgan fingerprint density at radius 1 is 1.28 bits per heavy atom. The first kappa shape index (κ1) is 19.7. The zero-order valence-electron chi connectivity index (χ0n) is 15.9. The minimum absolute atomic E-state index is 0.0444. The SMILES string of the molecule is C=C1C[C@H]2[C@](C)(C[C@@H]1C(=O)OC)C[C@@H](C(C)(C)C=O)C[C@]2(C)C(=O)O. The van der Waals surface area contributed by atoms with Crippen molar-refractivity contribution in [2.45, 2.75) is 53.4 Å². The zero-order chi connectivity index (χ0) is 19.2. The summed E-state index contributed by atoms with van der Waals surface area (Å²) < 4.78 is 4.93. The van der Waals surface area contributed by atoms with E-state index in [-0.39, 0.29) is 23.2 Å². The van der Waals surface area contributed by atoms with Gasteiger partial charge in [0.1, 0.15) is 6.29 Å². The molecule has 0 unspecified atom stereocenters. The molecule has 0 aromatic heterocycles. The van der Waals surface area contributed by atoms with Crippen LogP contribution in [0.1, 0.15) is 53.4 Å². The minimum atomic E-state index is -0.942. The van der Waals surface area contributed by atoms with Crippen LogP contribution >= 0.6 is 0 Å². The highest BCUT2D eigenvalue weighted by atomic mass is 16.5. The fourth-order valence-corrected chi connectivity index (χ4v) is 5.16. The molecule has 5 nitrogen and oxygen atoms in total. The van der Waals surface area contributed by atoms with E-state index in [2.05, 4.69) is 13.5 Å². The monoisotopic (exact) mass is 350 g/mol. The van der Waals surface area contributed by atoms with Crippen LogP contribution in [0.2, 0.25) is 0 Å². The highest BCUT2D eigenvalue weighted by Gasteiger charge is 2.60. The molecule has 2 aliphatic rings. The Morgan fingerprint density at radius 3 is 2.36 bits per heavy atom. The number of rotatable bonds is 4. The topological polar surface area (TPSA) is 80.7 Å². The van der Waals surface area contributed by atoms with E-state index in [1.165, 1.54) is 7.11 Å². The Labute approximate surface area is 149 Å². The van der Waals surface area contributed by atoms with Crippen molar-refractivity contribution in [1.29, 1.82) is 0 Å². The third kappa shape index (κ3) is 3.13. The number of esters is 1. The molecule has 2 saturated carbocycles. The van der Waals surface area contributed by atoms with Crippen LogP contribution in [0, 0.1) is 34.0 Å². The Hall–Kier alpha value is -1.65. The van der Waals surface area contributed by atoms with E-state index in [1.54, 1.807) is 6.92 Å². The maximum atomic E-state index is 12.2. The zero-order valence-corrected chi connectivity index (χ0v) is 15.9. The number of fused-ring (bicyclic) bond motifs is 1. The summed E-state index contributed by atoms with van der Waals surface area (Å²) in [4.78, 5) is 36.0. The van der Waals surface area contributed by atoms with Gasteiger partial charge in [-0.15, -0.1) is 0 Å². The van der Waals surface area contributed by atoms with Gasteiger partial charge in [-0.05, 0) is 49.9 Å². The van der Waals surface area contributed by atoms with Gasteiger partial charge in [0.25, 0.3) is 0 Å². The fraction of sp³-hybridized carbons (Fsp3) is 0.750. The van der Waals surface area contributed by atoms with Crippen LogP contribution in [0.25, 0.3) is 0 Å². The van der Waals surface area contributed by atoms with E-state index in [1.807, 2.05) is 13.8 Å². The number of aldehydes is 1. The fourth-order valence-electron chi connectivity index (χ4n) is 5.16. The van der Waals surface area contributed by atoms with Gasteiger partial charge in [-0.25, -0.2) is 0 Å². The molecule has 140 valence electrons. The molecule has 0 heterocycles. The maximum Gasteiger partial charge on any atom is 0.312 e. The number of carbonyl (C=O) groups excluding carboxylic acids is 2. The average molecular weight is 350 g/mol. The summed E-state index contributed by atoms with van der Waals surface area (Å²) in [6, 6.07) is 0. The lowest BCUT2D eigenvalue weighted by molar-refractivity contribution is -0.171. The molecule has 0 radical (unpaired) electrons. The van der Waals surface area contributed by atoms with Crippen molar-refractivity contribution in [3.8, 4) is 0 Å². The Bertz CT molecular complexity index is 607. The lowest BCUT2D eigenvalue weighted by Gasteiger charge is -2.58. The van der Waals surface area contributed by atoms with Gasteiger partial charge in [-0.1, -0.05) is 32.9 Å². The van der Waals surface area contributed by atoms with Crippen molar-refractivity contribution in [3.05, 3.63) is 12.2 Å². The highest BCUT2D eigenvalue weighted by Crippen LogP contribution is 2.63. The number of ether oxygens (including phenoxy) is 1. The molecule has 0 spiro atoms. The number of aliphatic carboxylic acids is 1. The molecule has 2 aliphatic carbocycles. The second-order valence-electron chi connectivity index (χ2n) is 9.12. The van der Waals surface area contributed by atoms with Crippen LogP contribution in [0.4, 0.5) is 0 Å². The molecule has 25 heavy (non-hydrogen) atoms. The summed E-state index contributed by atoms with van der Waals surface area (Å²) in [6.07, 6.45) is 3.16. The van der Waals surface area contributed by atoms with Crippen molar-refractivity contribution < 1.29 is 24.2 Å². The number of hydrogen-bond donors (Lipinski definition) is 1. The van der Waals surface area contributed by atoms with Gasteiger partial charge in [0.2, 0.25) is 0 Å². The van der Waals surface area contributed by atoms with Crippen LogP contribution in [-0.2, 0) is 19.1 Å². The molecule has 5 atom stereocenters. The first-order valence-electron chi connectivity index (χ1n) is 8.86. The summed E-state index contributed by atoms with van der Waals surface area (Å²) in [5.74, 6) is -1.69. The smallest absolute Gasteiger partial charge is 0.312 e. The van der Waals surface area contributed by atoms with Crippen LogP contribution < -0.4 is 0 Å². The lowest BCUT2D eigenvalue weighted by Crippen LogP contribution is -2.56. The predicted molar refractivity (Wildman–Crippen MR) is 93.8 cm³/mol. The number of methoxy groups -OCH3 is 1. The van der Waals surface area contributed by atoms with Gasteiger partial charge in [-0.2, -0.15) is 0 Å². The van der Waals surface area contributed by atoms with Gasteiger partial charge in [0.05, 0.1) is 18.4 Å². The van der Waals surface area contributed by atoms with Crippen molar-refractivity contribution >= 4 is 18.2 Å². The molecule has 0 amide bonds. The van der Waals surface area contributed by atoms with Gasteiger partial charge >= 0.3 is 11.9 Å². The molecule has 0 bridgehead atoms. The Kier molecular flexibility index (Phi) is 4.92. The molecule has 5 heteroatoms. The summed E-state index contributed by atoms with van der Waals surface area (Å²) in [6.45, 7) is 11.6. The van der Waals surface area contributed by atoms with Crippen molar-refractivity contribution in [2.75, 3.05) is 7.11 Å². The predicted octanol–water partition coefficient (Wildman–Crippen LogP) is 3.47. The quantitative estimate of drug-likeness (QED) is 0.477. The van der Waals surface area contributed by atoms with Gasteiger partial charge in [0.15, 0.2) is 0 Å². The first-order chi connectivity index (χ1) is 11.4. The second kappa shape index (κ2) is 6.26. The highest BCUT2D eigenvalue weighted by molar-refractivity contribution is 5.78. The first-order valence-corrected chi connectivity index (χ1v) is 8.86. The largest absolute Gasteiger partial charge is 0.481 e. The normalized spacial score (nSPS) is 38.6. The average Bonchev–Trinajstić information content (AvgIpc) is 2.54. The number of carboxylic acids is 1. The van der Waals surface area contributed by atoms with E-state index < -0.39 is 22.7 Å². The maximum absolute atomic E-state index is 12.2. The van der Waals surface area contributed by atoms with Gasteiger partial charge in [0, 0.05) is 5.41 Å². The number of carbonyl (C=O) groups is 3.